The van der Waals surface area contributed by atoms with E-state index in [4.69, 9.17) is 11.6 Å². The molecule has 4 heteroatoms. The van der Waals surface area contributed by atoms with Gasteiger partial charge in [0, 0.05) is 24.0 Å². The molecule has 0 bridgehead atoms. The molecule has 0 spiro atoms. The highest BCUT2D eigenvalue weighted by Gasteiger charge is 2.06. The summed E-state index contributed by atoms with van der Waals surface area (Å²) in [6.07, 6.45) is 3.72. The summed E-state index contributed by atoms with van der Waals surface area (Å²) >= 11 is 6.05. The van der Waals surface area contributed by atoms with Crippen molar-refractivity contribution in [1.82, 2.24) is 10.6 Å². The van der Waals surface area contributed by atoms with Gasteiger partial charge in [0.05, 0.1) is 0 Å². The van der Waals surface area contributed by atoms with Gasteiger partial charge < -0.3 is 5.32 Å². The molecule has 3 nitrogen and oxygen atoms in total. The molecule has 1 atom stereocenters. The Kier molecular flexibility index (Phi) is 3.59. The van der Waals surface area contributed by atoms with Crippen molar-refractivity contribution in [2.24, 2.45) is 4.99 Å². The van der Waals surface area contributed by atoms with Gasteiger partial charge >= 0.3 is 0 Å². The van der Waals surface area contributed by atoms with Crippen LogP contribution in [0.5, 0.6) is 0 Å². The number of nitrogens with zero attached hydrogens (tertiary/aromatic N) is 1. The van der Waals surface area contributed by atoms with Crippen LogP contribution in [-0.2, 0) is 6.54 Å². The first-order valence-corrected chi connectivity index (χ1v) is 5.56. The smallest absolute Gasteiger partial charge is 0.173 e. The number of aliphatic imine (C=N–C) groups is 1. The van der Waals surface area contributed by atoms with Gasteiger partial charge in [0.15, 0.2) is 6.29 Å². The predicted octanol–water partition coefficient (Wildman–Crippen LogP) is 2.29. The highest BCUT2D eigenvalue weighted by Crippen LogP contribution is 2.14. The van der Waals surface area contributed by atoms with Gasteiger partial charge in [-0.2, -0.15) is 0 Å². The van der Waals surface area contributed by atoms with E-state index in [-0.39, 0.29) is 6.29 Å². The Bertz CT molecular complexity index is 426. The maximum atomic E-state index is 6.05. The van der Waals surface area contributed by atoms with Crippen molar-refractivity contribution in [3.63, 3.8) is 0 Å². The standard InChI is InChI=1S/C12H14ClN3/c1-9-6-14-12(15-7-9)16-8-10-4-2-3-5-11(10)13/h2-7,12,14,16H,8H2,1H3. The van der Waals surface area contributed by atoms with Crippen molar-refractivity contribution in [2.45, 2.75) is 19.8 Å². The summed E-state index contributed by atoms with van der Waals surface area (Å²) in [4.78, 5) is 4.30. The Morgan fingerprint density at radius 3 is 2.94 bits per heavy atom. The van der Waals surface area contributed by atoms with E-state index < -0.39 is 0 Å². The molecular weight excluding hydrogens is 222 g/mol. The third kappa shape index (κ3) is 2.84. The van der Waals surface area contributed by atoms with Crippen LogP contribution in [0.4, 0.5) is 0 Å². The van der Waals surface area contributed by atoms with Gasteiger partial charge in [-0.3, -0.25) is 10.3 Å². The fourth-order valence-electron chi connectivity index (χ4n) is 1.44. The summed E-state index contributed by atoms with van der Waals surface area (Å²) in [5.74, 6) is 0. The van der Waals surface area contributed by atoms with Gasteiger partial charge in [-0.1, -0.05) is 29.8 Å². The molecule has 0 saturated carbocycles. The molecule has 1 aromatic carbocycles. The van der Waals surface area contributed by atoms with Gasteiger partial charge in [0.25, 0.3) is 0 Å². The van der Waals surface area contributed by atoms with Crippen molar-refractivity contribution in [3.05, 3.63) is 46.6 Å². The van der Waals surface area contributed by atoms with Gasteiger partial charge in [0.1, 0.15) is 0 Å². The van der Waals surface area contributed by atoms with Crippen LogP contribution >= 0.6 is 11.6 Å². The summed E-state index contributed by atoms with van der Waals surface area (Å²) in [7, 11) is 0. The quantitative estimate of drug-likeness (QED) is 0.844. The molecule has 1 unspecified atom stereocenters. The average Bonchev–Trinajstić information content (AvgIpc) is 2.30. The molecule has 2 rings (SSSR count). The van der Waals surface area contributed by atoms with E-state index in [0.29, 0.717) is 6.54 Å². The van der Waals surface area contributed by atoms with Crippen LogP contribution in [0.15, 0.2) is 41.0 Å². The maximum absolute atomic E-state index is 6.05. The number of hydrogen-bond acceptors (Lipinski definition) is 3. The van der Waals surface area contributed by atoms with Crippen molar-refractivity contribution in [1.29, 1.82) is 0 Å². The van der Waals surface area contributed by atoms with Gasteiger partial charge in [-0.05, 0) is 24.1 Å². The summed E-state index contributed by atoms with van der Waals surface area (Å²) < 4.78 is 0. The Hall–Kier alpha value is -1.32. The van der Waals surface area contributed by atoms with Crippen molar-refractivity contribution in [3.8, 4) is 0 Å². The molecule has 0 saturated heterocycles. The average molecular weight is 236 g/mol. The zero-order valence-electron chi connectivity index (χ0n) is 9.07. The highest BCUT2D eigenvalue weighted by molar-refractivity contribution is 6.31. The first kappa shape index (κ1) is 11.2. The lowest BCUT2D eigenvalue weighted by molar-refractivity contribution is 0.484. The fourth-order valence-corrected chi connectivity index (χ4v) is 1.65. The molecule has 16 heavy (non-hydrogen) atoms. The van der Waals surface area contributed by atoms with Crippen LogP contribution in [-0.4, -0.2) is 12.5 Å². The lowest BCUT2D eigenvalue weighted by Gasteiger charge is -2.18. The lowest BCUT2D eigenvalue weighted by Crippen LogP contribution is -2.39. The van der Waals surface area contributed by atoms with Crippen molar-refractivity contribution >= 4 is 17.8 Å². The summed E-state index contributed by atoms with van der Waals surface area (Å²) in [6, 6.07) is 7.79. The van der Waals surface area contributed by atoms with E-state index in [1.807, 2.05) is 43.6 Å². The number of benzene rings is 1. The van der Waals surface area contributed by atoms with Crippen LogP contribution in [0.3, 0.4) is 0 Å². The van der Waals surface area contributed by atoms with Gasteiger partial charge in [-0.15, -0.1) is 0 Å². The first-order valence-electron chi connectivity index (χ1n) is 5.18. The minimum absolute atomic E-state index is 0.0695. The van der Waals surface area contributed by atoms with E-state index in [0.717, 1.165) is 16.2 Å². The first-order chi connectivity index (χ1) is 7.75. The zero-order chi connectivity index (χ0) is 11.4. The molecule has 84 valence electrons. The molecule has 0 amide bonds. The lowest BCUT2D eigenvalue weighted by atomic mass is 10.2. The fraction of sp³-hybridized carbons (Fsp3) is 0.250. The zero-order valence-corrected chi connectivity index (χ0v) is 9.83. The number of allylic oxidation sites excluding steroid dienone is 1. The molecule has 0 fully saturated rings. The summed E-state index contributed by atoms with van der Waals surface area (Å²) in [6.45, 7) is 2.70. The van der Waals surface area contributed by atoms with Crippen LogP contribution < -0.4 is 10.6 Å². The van der Waals surface area contributed by atoms with E-state index in [9.17, 15) is 0 Å². The minimum Gasteiger partial charge on any atom is -0.357 e. The Labute approximate surface area is 100 Å². The van der Waals surface area contributed by atoms with Crippen LogP contribution in [0, 0.1) is 0 Å². The van der Waals surface area contributed by atoms with Crippen molar-refractivity contribution in [2.75, 3.05) is 0 Å². The number of nitrogens with one attached hydrogen (secondary N) is 2. The maximum Gasteiger partial charge on any atom is 0.173 e. The topological polar surface area (TPSA) is 36.4 Å². The molecule has 1 aliphatic rings. The molecule has 0 aliphatic carbocycles. The van der Waals surface area contributed by atoms with E-state index >= 15 is 0 Å². The van der Waals surface area contributed by atoms with E-state index in [2.05, 4.69) is 15.6 Å². The molecule has 0 radical (unpaired) electrons. The second kappa shape index (κ2) is 5.14. The van der Waals surface area contributed by atoms with Crippen LogP contribution in [0.25, 0.3) is 0 Å². The second-order valence-corrected chi connectivity index (χ2v) is 4.12. The molecule has 1 aliphatic heterocycles. The Morgan fingerprint density at radius 2 is 2.25 bits per heavy atom. The molecular formula is C12H14ClN3. The van der Waals surface area contributed by atoms with E-state index in [1.165, 1.54) is 0 Å². The Morgan fingerprint density at radius 1 is 1.44 bits per heavy atom. The van der Waals surface area contributed by atoms with E-state index in [1.54, 1.807) is 0 Å². The van der Waals surface area contributed by atoms with Gasteiger partial charge in [0.2, 0.25) is 0 Å². The second-order valence-electron chi connectivity index (χ2n) is 3.71. The minimum atomic E-state index is -0.0695. The number of hydrogen-bond donors (Lipinski definition) is 2. The largest absolute Gasteiger partial charge is 0.357 e. The highest BCUT2D eigenvalue weighted by atomic mass is 35.5. The third-order valence-corrected chi connectivity index (χ3v) is 2.71. The summed E-state index contributed by atoms with van der Waals surface area (Å²) in [5, 5.41) is 7.18. The van der Waals surface area contributed by atoms with Crippen LogP contribution in [0.1, 0.15) is 12.5 Å². The van der Waals surface area contributed by atoms with Gasteiger partial charge in [-0.25, -0.2) is 0 Å². The monoisotopic (exact) mass is 235 g/mol. The SMILES string of the molecule is CC1=CNC(NCc2ccccc2Cl)N=C1. The normalized spacial score (nSPS) is 19.1. The molecule has 1 heterocycles. The predicted molar refractivity (Wildman–Crippen MR) is 67.5 cm³/mol. The molecule has 1 aromatic rings. The third-order valence-electron chi connectivity index (χ3n) is 2.34. The summed E-state index contributed by atoms with van der Waals surface area (Å²) in [5.41, 5.74) is 2.20. The van der Waals surface area contributed by atoms with Crippen LogP contribution in [0.2, 0.25) is 5.02 Å². The number of rotatable bonds is 3. The molecule has 2 N–H and O–H groups in total. The number of halogens is 1. The molecule has 0 aromatic heterocycles. The Balaban J connectivity index is 1.89. The van der Waals surface area contributed by atoms with Crippen molar-refractivity contribution < 1.29 is 0 Å².